The molecular formula is C17H25NO2. The second-order valence-electron chi connectivity index (χ2n) is 4.64. The standard InChI is InChI=1S/C17H25NO2/c1-3-5-12-19-13-7-10-18-15-16-8-6-9-17(14-16)20-11-4-2/h2,6,8-9,14,18H,3,5,7,10-13,15H2,1H3. The Kier molecular flexibility index (Phi) is 9.38. The lowest BCUT2D eigenvalue weighted by Gasteiger charge is -2.08. The maximum atomic E-state index is 5.51. The van der Waals surface area contributed by atoms with Gasteiger partial charge < -0.3 is 14.8 Å². The predicted octanol–water partition coefficient (Wildman–Crippen LogP) is 3.00. The van der Waals surface area contributed by atoms with Crippen molar-refractivity contribution < 1.29 is 9.47 Å². The lowest BCUT2D eigenvalue weighted by Crippen LogP contribution is -2.16. The summed E-state index contributed by atoms with van der Waals surface area (Å²) in [5, 5.41) is 3.40. The number of rotatable bonds is 11. The fourth-order valence-corrected chi connectivity index (χ4v) is 1.75. The average molecular weight is 275 g/mol. The highest BCUT2D eigenvalue weighted by Crippen LogP contribution is 2.12. The van der Waals surface area contributed by atoms with E-state index in [1.807, 2.05) is 18.2 Å². The number of hydrogen-bond donors (Lipinski definition) is 1. The number of hydrogen-bond acceptors (Lipinski definition) is 3. The summed E-state index contributed by atoms with van der Waals surface area (Å²) in [6, 6.07) is 7.99. The van der Waals surface area contributed by atoms with E-state index in [1.165, 1.54) is 12.0 Å². The van der Waals surface area contributed by atoms with Gasteiger partial charge in [-0.25, -0.2) is 0 Å². The molecule has 0 aliphatic rings. The van der Waals surface area contributed by atoms with Crippen LogP contribution in [0, 0.1) is 12.3 Å². The fraction of sp³-hybridized carbons (Fsp3) is 0.529. The molecule has 1 aromatic rings. The Morgan fingerprint density at radius 2 is 2.10 bits per heavy atom. The lowest BCUT2D eigenvalue weighted by molar-refractivity contribution is 0.129. The molecule has 0 fully saturated rings. The number of unbranched alkanes of at least 4 members (excludes halogenated alkanes) is 1. The van der Waals surface area contributed by atoms with Crippen molar-refractivity contribution in [2.75, 3.05) is 26.4 Å². The maximum absolute atomic E-state index is 5.51. The molecule has 0 aliphatic carbocycles. The molecule has 1 rings (SSSR count). The van der Waals surface area contributed by atoms with Gasteiger partial charge in [0.05, 0.1) is 0 Å². The highest BCUT2D eigenvalue weighted by Gasteiger charge is 1.96. The summed E-state index contributed by atoms with van der Waals surface area (Å²) in [5.41, 5.74) is 1.20. The van der Waals surface area contributed by atoms with Crippen molar-refractivity contribution in [3.63, 3.8) is 0 Å². The predicted molar refractivity (Wildman–Crippen MR) is 82.8 cm³/mol. The molecule has 0 heterocycles. The van der Waals surface area contributed by atoms with Crippen molar-refractivity contribution in [1.29, 1.82) is 0 Å². The van der Waals surface area contributed by atoms with Crippen molar-refractivity contribution in [3.05, 3.63) is 29.8 Å². The number of terminal acetylenes is 1. The summed E-state index contributed by atoms with van der Waals surface area (Å²) >= 11 is 0. The van der Waals surface area contributed by atoms with E-state index in [9.17, 15) is 0 Å². The molecule has 1 N–H and O–H groups in total. The smallest absolute Gasteiger partial charge is 0.148 e. The van der Waals surface area contributed by atoms with Crippen LogP contribution in [0.3, 0.4) is 0 Å². The van der Waals surface area contributed by atoms with Crippen LogP contribution in [0.15, 0.2) is 24.3 Å². The first-order valence-corrected chi connectivity index (χ1v) is 7.30. The second-order valence-corrected chi connectivity index (χ2v) is 4.64. The van der Waals surface area contributed by atoms with Crippen molar-refractivity contribution in [1.82, 2.24) is 5.32 Å². The zero-order valence-corrected chi connectivity index (χ0v) is 12.4. The van der Waals surface area contributed by atoms with Crippen LogP contribution in [0.4, 0.5) is 0 Å². The summed E-state index contributed by atoms with van der Waals surface area (Å²) in [6.45, 7) is 5.99. The molecule has 0 saturated carbocycles. The van der Waals surface area contributed by atoms with Crippen LogP contribution in [-0.2, 0) is 11.3 Å². The fourth-order valence-electron chi connectivity index (χ4n) is 1.75. The highest BCUT2D eigenvalue weighted by atomic mass is 16.5. The first-order chi connectivity index (χ1) is 9.86. The van der Waals surface area contributed by atoms with Gasteiger partial charge in [0.25, 0.3) is 0 Å². The third kappa shape index (κ3) is 7.83. The lowest BCUT2D eigenvalue weighted by atomic mass is 10.2. The first-order valence-electron chi connectivity index (χ1n) is 7.30. The molecule has 0 aliphatic heterocycles. The molecular weight excluding hydrogens is 250 g/mol. The van der Waals surface area contributed by atoms with Crippen LogP contribution in [0.5, 0.6) is 5.75 Å². The molecule has 0 amide bonds. The summed E-state index contributed by atoms with van der Waals surface area (Å²) in [7, 11) is 0. The van der Waals surface area contributed by atoms with Gasteiger partial charge >= 0.3 is 0 Å². The van der Waals surface area contributed by atoms with Gasteiger partial charge in [-0.05, 0) is 37.1 Å². The molecule has 3 nitrogen and oxygen atoms in total. The third-order valence-electron chi connectivity index (χ3n) is 2.83. The topological polar surface area (TPSA) is 30.5 Å². The van der Waals surface area contributed by atoms with Gasteiger partial charge in [-0.3, -0.25) is 0 Å². The van der Waals surface area contributed by atoms with Crippen LogP contribution < -0.4 is 10.1 Å². The molecule has 0 unspecified atom stereocenters. The van der Waals surface area contributed by atoms with Crippen LogP contribution in [0.1, 0.15) is 31.7 Å². The second kappa shape index (κ2) is 11.3. The van der Waals surface area contributed by atoms with E-state index in [0.717, 1.165) is 44.9 Å². The van der Waals surface area contributed by atoms with Crippen LogP contribution in [-0.4, -0.2) is 26.4 Å². The Morgan fingerprint density at radius 3 is 2.90 bits per heavy atom. The maximum Gasteiger partial charge on any atom is 0.148 e. The largest absolute Gasteiger partial charge is 0.481 e. The van der Waals surface area contributed by atoms with Gasteiger partial charge in [-0.1, -0.05) is 31.4 Å². The number of ether oxygens (including phenoxy) is 2. The summed E-state index contributed by atoms with van der Waals surface area (Å²) in [6.07, 6.45) is 8.55. The Hall–Kier alpha value is -1.50. The minimum Gasteiger partial charge on any atom is -0.481 e. The van der Waals surface area contributed by atoms with Crippen molar-refractivity contribution >= 4 is 0 Å². The minimum absolute atomic E-state index is 0.311. The van der Waals surface area contributed by atoms with E-state index in [2.05, 4.69) is 24.2 Å². The van der Waals surface area contributed by atoms with Gasteiger partial charge in [0, 0.05) is 19.8 Å². The zero-order chi connectivity index (χ0) is 14.5. The molecule has 0 aromatic heterocycles. The van der Waals surface area contributed by atoms with Crippen LogP contribution in [0.2, 0.25) is 0 Å². The van der Waals surface area contributed by atoms with Crippen molar-refractivity contribution in [2.24, 2.45) is 0 Å². The molecule has 110 valence electrons. The normalized spacial score (nSPS) is 10.2. The van der Waals surface area contributed by atoms with Crippen molar-refractivity contribution in [3.8, 4) is 18.1 Å². The van der Waals surface area contributed by atoms with Crippen LogP contribution >= 0.6 is 0 Å². The molecule has 20 heavy (non-hydrogen) atoms. The van der Waals surface area contributed by atoms with E-state index in [4.69, 9.17) is 15.9 Å². The zero-order valence-electron chi connectivity index (χ0n) is 12.4. The highest BCUT2D eigenvalue weighted by molar-refractivity contribution is 5.28. The molecule has 0 bridgehead atoms. The number of nitrogens with one attached hydrogen (secondary N) is 1. The van der Waals surface area contributed by atoms with Gasteiger partial charge in [0.2, 0.25) is 0 Å². The Bertz CT molecular complexity index is 398. The Morgan fingerprint density at radius 1 is 1.25 bits per heavy atom. The van der Waals surface area contributed by atoms with Gasteiger partial charge in [-0.15, -0.1) is 6.42 Å². The Labute approximate surface area is 122 Å². The molecule has 0 spiro atoms. The van der Waals surface area contributed by atoms with Gasteiger partial charge in [0.15, 0.2) is 0 Å². The first kappa shape index (κ1) is 16.6. The summed E-state index contributed by atoms with van der Waals surface area (Å²) < 4.78 is 10.9. The van der Waals surface area contributed by atoms with Gasteiger partial charge in [0.1, 0.15) is 12.4 Å². The molecule has 0 radical (unpaired) electrons. The minimum atomic E-state index is 0.311. The van der Waals surface area contributed by atoms with E-state index < -0.39 is 0 Å². The number of benzene rings is 1. The SMILES string of the molecule is C#CCOc1cccc(CNCCCOCCCC)c1. The Balaban J connectivity index is 2.11. The molecule has 1 aromatic carbocycles. The van der Waals surface area contributed by atoms with Gasteiger partial charge in [-0.2, -0.15) is 0 Å². The molecule has 0 saturated heterocycles. The average Bonchev–Trinajstić information content (AvgIpc) is 2.48. The monoisotopic (exact) mass is 275 g/mol. The third-order valence-corrected chi connectivity index (χ3v) is 2.83. The molecule has 3 heteroatoms. The van der Waals surface area contributed by atoms with E-state index in [1.54, 1.807) is 0 Å². The van der Waals surface area contributed by atoms with E-state index in [-0.39, 0.29) is 0 Å². The molecule has 0 atom stereocenters. The van der Waals surface area contributed by atoms with Crippen LogP contribution in [0.25, 0.3) is 0 Å². The summed E-state index contributed by atoms with van der Waals surface area (Å²) in [5.74, 6) is 3.29. The van der Waals surface area contributed by atoms with Crippen molar-refractivity contribution in [2.45, 2.75) is 32.7 Å². The van der Waals surface area contributed by atoms with E-state index in [0.29, 0.717) is 6.61 Å². The summed E-state index contributed by atoms with van der Waals surface area (Å²) in [4.78, 5) is 0. The quantitative estimate of drug-likeness (QED) is 0.497. The van der Waals surface area contributed by atoms with E-state index >= 15 is 0 Å².